The Morgan fingerprint density at radius 3 is 2.44 bits per heavy atom. The summed E-state index contributed by atoms with van der Waals surface area (Å²) < 4.78 is 5.67. The van der Waals surface area contributed by atoms with Gasteiger partial charge in [-0.2, -0.15) is 0 Å². The lowest BCUT2D eigenvalue weighted by atomic mass is 9.80. The van der Waals surface area contributed by atoms with Gasteiger partial charge in [-0.3, -0.25) is 0 Å². The van der Waals surface area contributed by atoms with Crippen molar-refractivity contribution in [2.75, 3.05) is 11.9 Å². The van der Waals surface area contributed by atoms with Crippen molar-refractivity contribution in [3.05, 3.63) is 24.3 Å². The van der Waals surface area contributed by atoms with Crippen LogP contribution >= 0.6 is 0 Å². The van der Waals surface area contributed by atoms with Gasteiger partial charge in [0.25, 0.3) is 0 Å². The maximum absolute atomic E-state index is 5.67. The van der Waals surface area contributed by atoms with Crippen LogP contribution in [0.15, 0.2) is 24.3 Å². The summed E-state index contributed by atoms with van der Waals surface area (Å²) in [6, 6.07) is 8.85. The Balaban J connectivity index is 2.04. The quantitative estimate of drug-likeness (QED) is 0.855. The molecule has 0 heterocycles. The first kappa shape index (κ1) is 13.3. The van der Waals surface area contributed by atoms with Gasteiger partial charge in [-0.05, 0) is 50.2 Å². The SMILES string of the molecule is CCOc1ccccc1NC1CC(C)CC(C)C1. The van der Waals surface area contributed by atoms with Gasteiger partial charge in [0.1, 0.15) is 5.75 Å². The zero-order valence-electron chi connectivity index (χ0n) is 11.8. The van der Waals surface area contributed by atoms with Crippen molar-refractivity contribution in [3.63, 3.8) is 0 Å². The summed E-state index contributed by atoms with van der Waals surface area (Å²) in [6.45, 7) is 7.47. The van der Waals surface area contributed by atoms with Gasteiger partial charge >= 0.3 is 0 Å². The molecule has 0 amide bonds. The van der Waals surface area contributed by atoms with Crippen LogP contribution in [0.1, 0.15) is 40.0 Å². The van der Waals surface area contributed by atoms with Crippen LogP contribution in [0.3, 0.4) is 0 Å². The predicted molar refractivity (Wildman–Crippen MR) is 77.2 cm³/mol. The Bertz CT molecular complexity index is 367. The van der Waals surface area contributed by atoms with Gasteiger partial charge in [0.15, 0.2) is 0 Å². The number of para-hydroxylation sites is 2. The normalized spacial score (nSPS) is 27.8. The predicted octanol–water partition coefficient (Wildman–Crippen LogP) is 4.32. The van der Waals surface area contributed by atoms with E-state index in [9.17, 15) is 0 Å². The van der Waals surface area contributed by atoms with Crippen molar-refractivity contribution < 1.29 is 4.74 Å². The molecule has 2 heteroatoms. The van der Waals surface area contributed by atoms with Crippen LogP contribution in [-0.4, -0.2) is 12.6 Å². The fourth-order valence-corrected chi connectivity index (χ4v) is 3.15. The molecule has 2 unspecified atom stereocenters. The summed E-state index contributed by atoms with van der Waals surface area (Å²) in [5.74, 6) is 2.63. The number of ether oxygens (including phenoxy) is 1. The molecule has 1 aliphatic rings. The Hall–Kier alpha value is -1.18. The second kappa shape index (κ2) is 6.12. The Labute approximate surface area is 111 Å². The summed E-state index contributed by atoms with van der Waals surface area (Å²) in [5, 5.41) is 3.67. The first-order valence-electron chi connectivity index (χ1n) is 7.17. The summed E-state index contributed by atoms with van der Waals surface area (Å²) in [7, 11) is 0. The number of hydrogen-bond donors (Lipinski definition) is 1. The molecule has 0 bridgehead atoms. The molecule has 1 fully saturated rings. The molecule has 1 aromatic carbocycles. The van der Waals surface area contributed by atoms with Crippen LogP contribution in [0.4, 0.5) is 5.69 Å². The number of rotatable bonds is 4. The molecule has 1 aliphatic carbocycles. The van der Waals surface area contributed by atoms with Crippen LogP contribution < -0.4 is 10.1 Å². The number of benzene rings is 1. The highest BCUT2D eigenvalue weighted by Crippen LogP contribution is 2.32. The van der Waals surface area contributed by atoms with Crippen LogP contribution in [0.5, 0.6) is 5.75 Å². The van der Waals surface area contributed by atoms with Gasteiger partial charge in [-0.25, -0.2) is 0 Å². The largest absolute Gasteiger partial charge is 0.492 e. The van der Waals surface area contributed by atoms with Gasteiger partial charge in [0.05, 0.1) is 12.3 Å². The van der Waals surface area contributed by atoms with Crippen LogP contribution in [0.25, 0.3) is 0 Å². The van der Waals surface area contributed by atoms with E-state index in [2.05, 4.69) is 31.3 Å². The van der Waals surface area contributed by atoms with E-state index in [0.29, 0.717) is 6.04 Å². The van der Waals surface area contributed by atoms with E-state index < -0.39 is 0 Å². The number of anilines is 1. The third-order valence-electron chi connectivity index (χ3n) is 3.73. The third kappa shape index (κ3) is 3.41. The maximum Gasteiger partial charge on any atom is 0.142 e. The van der Waals surface area contributed by atoms with Crippen molar-refractivity contribution in [1.82, 2.24) is 0 Å². The summed E-state index contributed by atoms with van der Waals surface area (Å²) in [6.07, 6.45) is 3.90. The van der Waals surface area contributed by atoms with Crippen molar-refractivity contribution >= 4 is 5.69 Å². The lowest BCUT2D eigenvalue weighted by molar-refractivity contribution is 0.279. The van der Waals surface area contributed by atoms with Crippen molar-refractivity contribution in [2.24, 2.45) is 11.8 Å². The minimum atomic E-state index is 0.588. The molecule has 1 N–H and O–H groups in total. The minimum Gasteiger partial charge on any atom is -0.492 e. The molecule has 1 aromatic rings. The summed E-state index contributed by atoms with van der Waals surface area (Å²) >= 11 is 0. The molecule has 0 spiro atoms. The van der Waals surface area contributed by atoms with Gasteiger partial charge in [-0.1, -0.05) is 26.0 Å². The van der Waals surface area contributed by atoms with Gasteiger partial charge in [-0.15, -0.1) is 0 Å². The molecule has 0 radical (unpaired) electrons. The highest BCUT2D eigenvalue weighted by molar-refractivity contribution is 5.56. The minimum absolute atomic E-state index is 0.588. The monoisotopic (exact) mass is 247 g/mol. The molecule has 1 saturated carbocycles. The fraction of sp³-hybridized carbons (Fsp3) is 0.625. The first-order chi connectivity index (χ1) is 8.69. The number of nitrogens with one attached hydrogen (secondary N) is 1. The fourth-order valence-electron chi connectivity index (χ4n) is 3.15. The van der Waals surface area contributed by atoms with Gasteiger partial charge < -0.3 is 10.1 Å². The van der Waals surface area contributed by atoms with E-state index in [1.54, 1.807) is 0 Å². The Kier molecular flexibility index (Phi) is 4.51. The number of hydrogen-bond acceptors (Lipinski definition) is 2. The molecular formula is C16H25NO. The van der Waals surface area contributed by atoms with E-state index in [1.807, 2.05) is 19.1 Å². The average molecular weight is 247 g/mol. The van der Waals surface area contributed by atoms with Gasteiger partial charge in [0.2, 0.25) is 0 Å². The Morgan fingerprint density at radius 2 is 1.78 bits per heavy atom. The smallest absolute Gasteiger partial charge is 0.142 e. The highest BCUT2D eigenvalue weighted by atomic mass is 16.5. The van der Waals surface area contributed by atoms with Crippen molar-refractivity contribution in [2.45, 2.75) is 46.1 Å². The standard InChI is InChI=1S/C16H25NO/c1-4-18-16-8-6-5-7-15(16)17-14-10-12(2)9-13(3)11-14/h5-8,12-14,17H,4,9-11H2,1-3H3. The van der Waals surface area contributed by atoms with Crippen molar-refractivity contribution in [3.8, 4) is 5.75 Å². The molecule has 0 aliphatic heterocycles. The summed E-state index contributed by atoms with van der Waals surface area (Å²) in [4.78, 5) is 0. The van der Waals surface area contributed by atoms with E-state index >= 15 is 0 Å². The van der Waals surface area contributed by atoms with E-state index in [1.165, 1.54) is 19.3 Å². The van der Waals surface area contributed by atoms with E-state index in [-0.39, 0.29) is 0 Å². The van der Waals surface area contributed by atoms with E-state index in [0.717, 1.165) is 29.9 Å². The molecule has 2 atom stereocenters. The van der Waals surface area contributed by atoms with Crippen molar-refractivity contribution in [1.29, 1.82) is 0 Å². The molecule has 2 rings (SSSR count). The second-order valence-corrected chi connectivity index (χ2v) is 5.69. The molecule has 0 aromatic heterocycles. The average Bonchev–Trinajstić information content (AvgIpc) is 2.30. The Morgan fingerprint density at radius 1 is 1.11 bits per heavy atom. The molecular weight excluding hydrogens is 222 g/mol. The maximum atomic E-state index is 5.67. The van der Waals surface area contributed by atoms with Gasteiger partial charge in [0, 0.05) is 6.04 Å². The van der Waals surface area contributed by atoms with Crippen LogP contribution in [0.2, 0.25) is 0 Å². The highest BCUT2D eigenvalue weighted by Gasteiger charge is 2.24. The topological polar surface area (TPSA) is 21.3 Å². The molecule has 2 nitrogen and oxygen atoms in total. The third-order valence-corrected chi connectivity index (χ3v) is 3.73. The molecule has 100 valence electrons. The zero-order valence-corrected chi connectivity index (χ0v) is 11.8. The first-order valence-corrected chi connectivity index (χ1v) is 7.17. The lowest BCUT2D eigenvalue weighted by Crippen LogP contribution is -2.30. The summed E-state index contributed by atoms with van der Waals surface area (Å²) in [5.41, 5.74) is 1.14. The molecule has 0 saturated heterocycles. The van der Waals surface area contributed by atoms with E-state index in [4.69, 9.17) is 4.74 Å². The lowest BCUT2D eigenvalue weighted by Gasteiger charge is -2.33. The van der Waals surface area contributed by atoms with Crippen LogP contribution in [-0.2, 0) is 0 Å². The second-order valence-electron chi connectivity index (χ2n) is 5.69. The van der Waals surface area contributed by atoms with Crippen LogP contribution in [0, 0.1) is 11.8 Å². The molecule has 18 heavy (non-hydrogen) atoms. The zero-order chi connectivity index (χ0) is 13.0.